The maximum Gasteiger partial charge on any atom is 0.472 e. The zero-order chi connectivity index (χ0) is 74.2. The van der Waals surface area contributed by atoms with Crippen LogP contribution < -0.4 is 0 Å². The molecule has 0 aliphatic carbocycles. The lowest BCUT2D eigenvalue weighted by molar-refractivity contribution is -0.161. The first-order valence-corrected chi connectivity index (χ1v) is 45.5. The summed E-state index contributed by atoms with van der Waals surface area (Å²) in [4.78, 5) is 73.1. The van der Waals surface area contributed by atoms with Crippen LogP contribution in [-0.4, -0.2) is 96.7 Å². The molecule has 0 radical (unpaired) electrons. The van der Waals surface area contributed by atoms with Crippen LogP contribution in [0.15, 0.2) is 0 Å². The number of aliphatic hydroxyl groups is 1. The fraction of sp³-hybridized carbons (Fsp3) is 0.951. The van der Waals surface area contributed by atoms with Crippen molar-refractivity contribution in [3.05, 3.63) is 0 Å². The molecule has 3 N–H and O–H groups in total. The summed E-state index contributed by atoms with van der Waals surface area (Å²) in [6.45, 7) is 9.73. The molecule has 0 aromatic carbocycles. The number of carbonyl (C=O) groups excluding carboxylic acids is 4. The molecule has 17 nitrogen and oxygen atoms in total. The molecule has 0 amide bonds. The fourth-order valence-electron chi connectivity index (χ4n) is 12.7. The molecule has 0 bridgehead atoms. The second-order valence-electron chi connectivity index (χ2n) is 30.2. The Kier molecular flexibility index (Phi) is 72.2. The van der Waals surface area contributed by atoms with Crippen molar-refractivity contribution < 1.29 is 80.2 Å². The summed E-state index contributed by atoms with van der Waals surface area (Å²) in [5.41, 5.74) is 0. The van der Waals surface area contributed by atoms with Crippen molar-refractivity contribution >= 4 is 39.5 Å². The van der Waals surface area contributed by atoms with Crippen LogP contribution in [-0.2, 0) is 65.4 Å². The van der Waals surface area contributed by atoms with E-state index in [1.165, 1.54) is 250 Å². The summed E-state index contributed by atoms with van der Waals surface area (Å²) in [6.07, 6.45) is 63.5. The summed E-state index contributed by atoms with van der Waals surface area (Å²) in [6, 6.07) is 0. The van der Waals surface area contributed by atoms with Crippen molar-refractivity contribution in [1.82, 2.24) is 0 Å². The Balaban J connectivity index is 5.27. The monoisotopic (exact) mass is 1480 g/mol. The van der Waals surface area contributed by atoms with Gasteiger partial charge in [0.05, 0.1) is 26.4 Å². The highest BCUT2D eigenvalue weighted by Gasteiger charge is 2.30. The van der Waals surface area contributed by atoms with Gasteiger partial charge in [-0.3, -0.25) is 37.3 Å². The number of aliphatic hydroxyl groups excluding tert-OH is 1. The first-order chi connectivity index (χ1) is 48.9. The zero-order valence-corrected chi connectivity index (χ0v) is 68.0. The molecule has 0 aromatic rings. The average Bonchev–Trinajstić information content (AvgIpc) is 1.06. The third-order valence-electron chi connectivity index (χ3n) is 19.6. The molecular weight excluding hydrogens is 1320 g/mol. The second-order valence-corrected chi connectivity index (χ2v) is 33.1. The highest BCUT2D eigenvalue weighted by atomic mass is 31.2. The first kappa shape index (κ1) is 99.1. The van der Waals surface area contributed by atoms with Crippen molar-refractivity contribution in [2.45, 2.75) is 452 Å². The number of hydrogen-bond donors (Lipinski definition) is 3. The molecule has 19 heteroatoms. The minimum atomic E-state index is -4.96. The van der Waals surface area contributed by atoms with E-state index in [2.05, 4.69) is 41.5 Å². The molecule has 0 aromatic heterocycles. The van der Waals surface area contributed by atoms with Gasteiger partial charge >= 0.3 is 39.5 Å². The Morgan fingerprint density at radius 1 is 0.287 bits per heavy atom. The van der Waals surface area contributed by atoms with E-state index in [9.17, 15) is 43.2 Å². The van der Waals surface area contributed by atoms with Crippen LogP contribution in [0.25, 0.3) is 0 Å². The SMILES string of the molecule is CCCCCCCCCCCCCCCCC(=O)O[C@H](COC(=O)CCCCCCCCCCCCCCC)COP(=O)(O)OC[C@H](O)COP(=O)(O)OC[C@@H](COC(=O)CCCCCCCCCCCCCCCC(C)C)OC(=O)CCCCCCCCCCCCCCCCC(C)CC. The van der Waals surface area contributed by atoms with Crippen LogP contribution in [0.4, 0.5) is 0 Å². The summed E-state index contributed by atoms with van der Waals surface area (Å²) in [5.74, 6) is -0.467. The summed E-state index contributed by atoms with van der Waals surface area (Å²) >= 11 is 0. The van der Waals surface area contributed by atoms with Crippen molar-refractivity contribution in [2.75, 3.05) is 39.6 Å². The Hall–Kier alpha value is -1.94. The second kappa shape index (κ2) is 73.6. The Morgan fingerprint density at radius 3 is 0.752 bits per heavy atom. The molecular formula is C82H160O17P2. The third kappa shape index (κ3) is 74.7. The lowest BCUT2D eigenvalue weighted by Crippen LogP contribution is -2.30. The molecule has 0 aliphatic heterocycles. The van der Waals surface area contributed by atoms with Crippen molar-refractivity contribution in [2.24, 2.45) is 11.8 Å². The predicted molar refractivity (Wildman–Crippen MR) is 414 cm³/mol. The predicted octanol–water partition coefficient (Wildman–Crippen LogP) is 24.7. The van der Waals surface area contributed by atoms with Gasteiger partial charge in [-0.15, -0.1) is 0 Å². The number of hydrogen-bond acceptors (Lipinski definition) is 15. The zero-order valence-electron chi connectivity index (χ0n) is 66.2. The minimum absolute atomic E-state index is 0.108. The maximum absolute atomic E-state index is 13.1. The topological polar surface area (TPSA) is 237 Å². The van der Waals surface area contributed by atoms with Crippen LogP contribution in [0, 0.1) is 11.8 Å². The van der Waals surface area contributed by atoms with E-state index >= 15 is 0 Å². The molecule has 0 saturated heterocycles. The first-order valence-electron chi connectivity index (χ1n) is 42.5. The molecule has 3 unspecified atom stereocenters. The van der Waals surface area contributed by atoms with Crippen LogP contribution in [0.3, 0.4) is 0 Å². The molecule has 101 heavy (non-hydrogen) atoms. The number of carbonyl (C=O) groups is 4. The Labute approximate surface area is 619 Å². The molecule has 0 rings (SSSR count). The lowest BCUT2D eigenvalue weighted by atomic mass is 9.99. The lowest BCUT2D eigenvalue weighted by Gasteiger charge is -2.21. The number of phosphoric acid groups is 2. The van der Waals surface area contributed by atoms with Gasteiger partial charge in [-0.25, -0.2) is 9.13 Å². The standard InChI is InChI=1S/C82H160O17P2/c1-7-10-12-14-16-18-20-22-29-36-42-48-54-60-66-81(86)98-77(70-92-79(84)64-58-52-46-40-34-26-21-19-17-15-13-11-8-2)72-96-100(88,89)94-68-76(83)69-95-101(90,91)97-73-78(71-93-80(85)65-59-53-47-41-35-31-25-27-32-38-44-50-56-62-74(4)5)99-82(87)67-61-55-49-43-37-30-24-23-28-33-39-45-51-57-63-75(6)9-3/h74-78,83H,7-73H2,1-6H3,(H,88,89)(H,90,91)/t75?,76-,77+,78+/m0/s1. The van der Waals surface area contributed by atoms with E-state index in [1.54, 1.807) is 0 Å². The number of unbranched alkanes of at least 4 members (excludes halogenated alkanes) is 50. The van der Waals surface area contributed by atoms with Gasteiger partial charge in [0, 0.05) is 25.7 Å². The van der Waals surface area contributed by atoms with Gasteiger partial charge in [0.2, 0.25) is 0 Å². The van der Waals surface area contributed by atoms with E-state index in [4.69, 9.17) is 37.0 Å². The van der Waals surface area contributed by atoms with Gasteiger partial charge in [-0.05, 0) is 37.5 Å². The molecule has 0 saturated carbocycles. The molecule has 0 aliphatic rings. The maximum atomic E-state index is 13.1. The van der Waals surface area contributed by atoms with E-state index in [0.29, 0.717) is 25.7 Å². The molecule has 0 fully saturated rings. The minimum Gasteiger partial charge on any atom is -0.462 e. The molecule has 0 heterocycles. The largest absolute Gasteiger partial charge is 0.472 e. The fourth-order valence-corrected chi connectivity index (χ4v) is 14.3. The third-order valence-corrected chi connectivity index (χ3v) is 21.5. The van der Waals surface area contributed by atoms with E-state index in [1.807, 2.05) is 0 Å². The molecule has 600 valence electrons. The summed E-state index contributed by atoms with van der Waals surface area (Å²) in [7, 11) is -9.92. The van der Waals surface area contributed by atoms with E-state index in [-0.39, 0.29) is 25.7 Å². The van der Waals surface area contributed by atoms with Crippen molar-refractivity contribution in [3.63, 3.8) is 0 Å². The van der Waals surface area contributed by atoms with Crippen LogP contribution in [0.1, 0.15) is 433 Å². The van der Waals surface area contributed by atoms with Gasteiger partial charge < -0.3 is 33.8 Å². The summed E-state index contributed by atoms with van der Waals surface area (Å²) < 4.78 is 68.8. The van der Waals surface area contributed by atoms with E-state index < -0.39 is 97.5 Å². The number of esters is 4. The number of ether oxygens (including phenoxy) is 4. The smallest absolute Gasteiger partial charge is 0.462 e. The molecule has 0 spiro atoms. The van der Waals surface area contributed by atoms with Gasteiger partial charge in [-0.1, -0.05) is 382 Å². The van der Waals surface area contributed by atoms with Crippen molar-refractivity contribution in [1.29, 1.82) is 0 Å². The van der Waals surface area contributed by atoms with Crippen molar-refractivity contribution in [3.8, 4) is 0 Å². The van der Waals surface area contributed by atoms with Crippen LogP contribution in [0.5, 0.6) is 0 Å². The average molecular weight is 1480 g/mol. The van der Waals surface area contributed by atoms with Crippen LogP contribution >= 0.6 is 15.6 Å². The van der Waals surface area contributed by atoms with Crippen LogP contribution in [0.2, 0.25) is 0 Å². The van der Waals surface area contributed by atoms with E-state index in [0.717, 1.165) is 102 Å². The van der Waals surface area contributed by atoms with Gasteiger partial charge in [-0.2, -0.15) is 0 Å². The van der Waals surface area contributed by atoms with Gasteiger partial charge in [0.15, 0.2) is 12.2 Å². The normalized spacial score (nSPS) is 14.2. The van der Waals surface area contributed by atoms with Gasteiger partial charge in [0.1, 0.15) is 19.3 Å². The highest BCUT2D eigenvalue weighted by Crippen LogP contribution is 2.45. The molecule has 6 atom stereocenters. The quantitative estimate of drug-likeness (QED) is 0.0222. The highest BCUT2D eigenvalue weighted by molar-refractivity contribution is 7.47. The number of rotatable bonds is 81. The Morgan fingerprint density at radius 2 is 0.505 bits per heavy atom. The summed E-state index contributed by atoms with van der Waals surface area (Å²) in [5, 5.41) is 10.7. The van der Waals surface area contributed by atoms with Gasteiger partial charge in [0.25, 0.3) is 0 Å². The Bertz CT molecular complexity index is 1940. The number of phosphoric ester groups is 2.